The summed E-state index contributed by atoms with van der Waals surface area (Å²) in [5, 5.41) is 12.2. The molecule has 0 aliphatic carbocycles. The van der Waals surface area contributed by atoms with Gasteiger partial charge in [-0.15, -0.1) is 0 Å². The smallest absolute Gasteiger partial charge is 0.253 e. The Labute approximate surface area is 131 Å². The first-order valence-electron chi connectivity index (χ1n) is 6.12. The molecule has 0 saturated carbocycles. The van der Waals surface area contributed by atoms with E-state index < -0.39 is 0 Å². The van der Waals surface area contributed by atoms with Crippen molar-refractivity contribution in [1.29, 1.82) is 0 Å². The van der Waals surface area contributed by atoms with Gasteiger partial charge in [-0.3, -0.25) is 4.79 Å². The molecule has 0 aromatic heterocycles. The molecule has 110 valence electrons. The van der Waals surface area contributed by atoms with Crippen LogP contribution in [0.3, 0.4) is 0 Å². The van der Waals surface area contributed by atoms with E-state index >= 15 is 0 Å². The topological polar surface area (TPSA) is 78.9 Å². The van der Waals surface area contributed by atoms with Crippen molar-refractivity contribution < 1.29 is 10.0 Å². The molecule has 3 N–H and O–H groups in total. The van der Waals surface area contributed by atoms with Crippen molar-refractivity contribution in [1.82, 2.24) is 4.90 Å². The van der Waals surface area contributed by atoms with Gasteiger partial charge in [0, 0.05) is 29.0 Å². The van der Waals surface area contributed by atoms with Crippen LogP contribution in [0.2, 0.25) is 5.02 Å². The molecule has 0 fully saturated rings. The highest BCUT2D eigenvalue weighted by Crippen LogP contribution is 2.24. The fourth-order valence-corrected chi connectivity index (χ4v) is 2.19. The number of nitrogens with zero attached hydrogens (tertiary/aromatic N) is 2. The van der Waals surface area contributed by atoms with Crippen LogP contribution < -0.4 is 5.73 Å². The second-order valence-electron chi connectivity index (χ2n) is 4.40. The van der Waals surface area contributed by atoms with E-state index in [1.54, 1.807) is 30.0 Å². The first kappa shape index (κ1) is 16.8. The molecule has 1 atom stereocenters. The van der Waals surface area contributed by atoms with Gasteiger partial charge in [-0.05, 0) is 41.1 Å². The molecule has 1 aromatic rings. The lowest BCUT2D eigenvalue weighted by Gasteiger charge is -2.24. The number of halogens is 2. The molecule has 0 saturated heterocycles. The van der Waals surface area contributed by atoms with Gasteiger partial charge < -0.3 is 15.8 Å². The van der Waals surface area contributed by atoms with Gasteiger partial charge >= 0.3 is 0 Å². The molecule has 1 rings (SSSR count). The molecule has 0 aliphatic rings. The maximum atomic E-state index is 12.4. The summed E-state index contributed by atoms with van der Waals surface area (Å²) in [4.78, 5) is 14.0. The summed E-state index contributed by atoms with van der Waals surface area (Å²) in [6.45, 7) is 4.58. The van der Waals surface area contributed by atoms with Gasteiger partial charge in [0.1, 0.15) is 5.84 Å². The van der Waals surface area contributed by atoms with Gasteiger partial charge in [-0.2, -0.15) is 0 Å². The number of oxime groups is 1. The van der Waals surface area contributed by atoms with E-state index in [9.17, 15) is 4.79 Å². The number of hydrogen-bond donors (Lipinski definition) is 2. The summed E-state index contributed by atoms with van der Waals surface area (Å²) in [5.74, 6) is -0.240. The van der Waals surface area contributed by atoms with Crippen LogP contribution in [0.15, 0.2) is 27.8 Å². The second kappa shape index (κ2) is 7.50. The van der Waals surface area contributed by atoms with Crippen molar-refractivity contribution >= 4 is 39.3 Å². The van der Waals surface area contributed by atoms with E-state index in [2.05, 4.69) is 21.1 Å². The molecule has 0 heterocycles. The number of rotatable bonds is 5. The van der Waals surface area contributed by atoms with Crippen LogP contribution >= 0.6 is 27.5 Å². The van der Waals surface area contributed by atoms with Gasteiger partial charge in [0.05, 0.1) is 5.02 Å². The zero-order chi connectivity index (χ0) is 15.3. The van der Waals surface area contributed by atoms with Gasteiger partial charge in [-0.25, -0.2) is 0 Å². The van der Waals surface area contributed by atoms with E-state index in [1.807, 2.05) is 6.92 Å². The fourth-order valence-electron chi connectivity index (χ4n) is 1.69. The van der Waals surface area contributed by atoms with Crippen molar-refractivity contribution in [2.45, 2.75) is 13.8 Å². The van der Waals surface area contributed by atoms with E-state index in [1.165, 1.54) is 0 Å². The molecule has 1 unspecified atom stereocenters. The van der Waals surface area contributed by atoms with Crippen LogP contribution in [0.25, 0.3) is 0 Å². The predicted molar refractivity (Wildman–Crippen MR) is 83.3 cm³/mol. The van der Waals surface area contributed by atoms with E-state index in [-0.39, 0.29) is 17.7 Å². The summed E-state index contributed by atoms with van der Waals surface area (Å²) in [6, 6.07) is 5.02. The van der Waals surface area contributed by atoms with Crippen LogP contribution in [-0.2, 0) is 0 Å². The van der Waals surface area contributed by atoms with Crippen LogP contribution in [-0.4, -0.2) is 34.9 Å². The third-order valence-corrected chi connectivity index (χ3v) is 4.16. The second-order valence-corrected chi connectivity index (χ2v) is 5.66. The Morgan fingerprint density at radius 1 is 1.60 bits per heavy atom. The lowest BCUT2D eigenvalue weighted by molar-refractivity contribution is 0.0753. The van der Waals surface area contributed by atoms with Crippen molar-refractivity contribution in [3.63, 3.8) is 0 Å². The van der Waals surface area contributed by atoms with E-state index in [0.717, 1.165) is 0 Å². The maximum Gasteiger partial charge on any atom is 0.253 e. The molecule has 1 amide bonds. The standard InChI is InChI=1S/C13H17BrClN3O2/c1-3-18(7-8(2)12(16)17-20)13(19)9-4-5-11(15)10(14)6-9/h4-6,8,20H,3,7H2,1-2H3,(H2,16,17). The fraction of sp³-hybridized carbons (Fsp3) is 0.385. The zero-order valence-corrected chi connectivity index (χ0v) is 13.6. The minimum absolute atomic E-state index is 0.105. The SMILES string of the molecule is CCN(CC(C)/C(N)=N/O)C(=O)c1ccc(Cl)c(Br)c1. The summed E-state index contributed by atoms with van der Waals surface area (Å²) < 4.78 is 0.672. The Kier molecular flexibility index (Phi) is 6.29. The van der Waals surface area contributed by atoms with Crippen molar-refractivity contribution in [2.24, 2.45) is 16.8 Å². The number of hydrogen-bond acceptors (Lipinski definition) is 3. The van der Waals surface area contributed by atoms with Crippen LogP contribution in [0.4, 0.5) is 0 Å². The van der Waals surface area contributed by atoms with Crippen molar-refractivity contribution in [2.75, 3.05) is 13.1 Å². The quantitative estimate of drug-likeness (QED) is 0.366. The molecule has 0 spiro atoms. The lowest BCUT2D eigenvalue weighted by Crippen LogP contribution is -2.38. The minimum Gasteiger partial charge on any atom is -0.409 e. The Hall–Kier alpha value is -1.27. The van der Waals surface area contributed by atoms with Crippen LogP contribution in [0.1, 0.15) is 24.2 Å². The number of amidine groups is 1. The summed E-state index contributed by atoms with van der Waals surface area (Å²) in [6.07, 6.45) is 0. The Balaban J connectivity index is 2.89. The van der Waals surface area contributed by atoms with Crippen molar-refractivity contribution in [3.8, 4) is 0 Å². The van der Waals surface area contributed by atoms with Gasteiger partial charge in [-0.1, -0.05) is 23.7 Å². The largest absolute Gasteiger partial charge is 0.409 e. The molecular formula is C13H17BrClN3O2. The first-order valence-corrected chi connectivity index (χ1v) is 7.29. The predicted octanol–water partition coefficient (Wildman–Crippen LogP) is 2.95. The lowest BCUT2D eigenvalue weighted by atomic mass is 10.1. The van der Waals surface area contributed by atoms with Crippen molar-refractivity contribution in [3.05, 3.63) is 33.3 Å². The zero-order valence-electron chi connectivity index (χ0n) is 11.3. The molecule has 7 heteroatoms. The number of nitrogens with two attached hydrogens (primary N) is 1. The monoisotopic (exact) mass is 361 g/mol. The summed E-state index contributed by atoms with van der Waals surface area (Å²) in [7, 11) is 0. The van der Waals surface area contributed by atoms with Gasteiger partial charge in [0.2, 0.25) is 0 Å². The third-order valence-electron chi connectivity index (χ3n) is 2.95. The van der Waals surface area contributed by atoms with E-state index in [4.69, 9.17) is 22.5 Å². The average Bonchev–Trinajstić information content (AvgIpc) is 2.45. The number of benzene rings is 1. The molecule has 1 aromatic carbocycles. The number of amides is 1. The first-order chi connectivity index (χ1) is 9.40. The van der Waals surface area contributed by atoms with Crippen LogP contribution in [0.5, 0.6) is 0 Å². The maximum absolute atomic E-state index is 12.4. The minimum atomic E-state index is -0.223. The molecule has 20 heavy (non-hydrogen) atoms. The number of carbonyl (C=O) groups excluding carboxylic acids is 1. The molecular weight excluding hydrogens is 346 g/mol. The Morgan fingerprint density at radius 2 is 2.25 bits per heavy atom. The molecule has 0 aliphatic heterocycles. The molecule has 0 bridgehead atoms. The Morgan fingerprint density at radius 3 is 2.75 bits per heavy atom. The van der Waals surface area contributed by atoms with E-state index in [0.29, 0.717) is 28.1 Å². The average molecular weight is 363 g/mol. The highest BCUT2D eigenvalue weighted by Gasteiger charge is 2.19. The van der Waals surface area contributed by atoms with Gasteiger partial charge in [0.25, 0.3) is 5.91 Å². The number of carbonyl (C=O) groups is 1. The normalized spacial score (nSPS) is 13.1. The summed E-state index contributed by atoms with van der Waals surface area (Å²) in [5.41, 5.74) is 6.08. The highest BCUT2D eigenvalue weighted by molar-refractivity contribution is 9.10. The Bertz CT molecular complexity index is 522. The highest BCUT2D eigenvalue weighted by atomic mass is 79.9. The summed E-state index contributed by atoms with van der Waals surface area (Å²) >= 11 is 9.21. The van der Waals surface area contributed by atoms with Gasteiger partial charge in [0.15, 0.2) is 0 Å². The molecule has 0 radical (unpaired) electrons. The van der Waals surface area contributed by atoms with Crippen LogP contribution in [0, 0.1) is 5.92 Å². The third kappa shape index (κ3) is 4.11. The molecule has 5 nitrogen and oxygen atoms in total.